The fourth-order valence-corrected chi connectivity index (χ4v) is 4.13. The van der Waals surface area contributed by atoms with E-state index in [-0.39, 0.29) is 11.9 Å². The molecule has 1 atom stereocenters. The third kappa shape index (κ3) is 3.98. The molecule has 0 aliphatic carbocycles. The Hall–Kier alpha value is -3.62. The Kier molecular flexibility index (Phi) is 5.62. The van der Waals surface area contributed by atoms with Gasteiger partial charge in [0.2, 0.25) is 5.82 Å². The highest BCUT2D eigenvalue weighted by atomic mass is 35.5. The van der Waals surface area contributed by atoms with Crippen molar-refractivity contribution < 1.29 is 4.79 Å². The molecule has 32 heavy (non-hydrogen) atoms. The largest absolute Gasteiger partial charge is 0.315 e. The van der Waals surface area contributed by atoms with Gasteiger partial charge >= 0.3 is 0 Å². The number of rotatable bonds is 5. The molecule has 160 valence electrons. The number of aromatic nitrogens is 5. The van der Waals surface area contributed by atoms with Crippen LogP contribution < -0.4 is 10.2 Å². The van der Waals surface area contributed by atoms with Gasteiger partial charge in [-0.2, -0.15) is 5.21 Å². The van der Waals surface area contributed by atoms with Crippen LogP contribution in [-0.4, -0.2) is 50.6 Å². The van der Waals surface area contributed by atoms with Crippen molar-refractivity contribution >= 4 is 23.3 Å². The van der Waals surface area contributed by atoms with Gasteiger partial charge in [-0.15, -0.1) is 10.2 Å². The Morgan fingerprint density at radius 1 is 1.03 bits per heavy atom. The molecule has 1 saturated heterocycles. The summed E-state index contributed by atoms with van der Waals surface area (Å²) in [6.45, 7) is 1.56. The van der Waals surface area contributed by atoms with Crippen LogP contribution in [0.15, 0.2) is 66.9 Å². The first kappa shape index (κ1) is 20.3. The van der Waals surface area contributed by atoms with Crippen molar-refractivity contribution in [2.24, 2.45) is 0 Å². The number of carbonyl (C=O) groups excluding carboxylic acids is 1. The normalized spacial score (nSPS) is 15.6. The van der Waals surface area contributed by atoms with Crippen molar-refractivity contribution in [2.45, 2.75) is 12.5 Å². The summed E-state index contributed by atoms with van der Waals surface area (Å²) in [7, 11) is 0. The van der Waals surface area contributed by atoms with Gasteiger partial charge in [-0.05, 0) is 59.6 Å². The molecule has 1 fully saturated rings. The second kappa shape index (κ2) is 8.86. The Morgan fingerprint density at radius 2 is 1.88 bits per heavy atom. The molecule has 3 heterocycles. The van der Waals surface area contributed by atoms with E-state index in [2.05, 4.69) is 30.9 Å². The van der Waals surface area contributed by atoms with Crippen LogP contribution in [0.5, 0.6) is 0 Å². The minimum Gasteiger partial charge on any atom is -0.315 e. The number of hydrogen-bond donors (Lipinski definition) is 2. The number of hydrogen-bond acceptors (Lipinski definition) is 6. The number of H-pyrrole nitrogens is 1. The number of tetrazole rings is 1. The van der Waals surface area contributed by atoms with Crippen LogP contribution >= 0.6 is 11.6 Å². The van der Waals surface area contributed by atoms with Gasteiger partial charge in [0.15, 0.2) is 5.82 Å². The molecule has 1 aliphatic rings. The number of pyridine rings is 1. The van der Waals surface area contributed by atoms with E-state index in [1.54, 1.807) is 23.2 Å². The zero-order valence-corrected chi connectivity index (χ0v) is 17.8. The lowest BCUT2D eigenvalue weighted by Crippen LogP contribution is -2.42. The molecule has 5 rings (SSSR count). The van der Waals surface area contributed by atoms with E-state index < -0.39 is 0 Å². The molecule has 4 aromatic rings. The number of halogens is 1. The number of carbonyl (C=O) groups is 1. The minimum absolute atomic E-state index is 0.00113. The average molecular weight is 446 g/mol. The quantitative estimate of drug-likeness (QED) is 0.487. The number of aromatic amines is 1. The van der Waals surface area contributed by atoms with Crippen LogP contribution in [0.3, 0.4) is 0 Å². The van der Waals surface area contributed by atoms with Gasteiger partial charge in [-0.25, -0.2) is 4.98 Å². The van der Waals surface area contributed by atoms with Crippen molar-refractivity contribution in [3.63, 3.8) is 0 Å². The average Bonchev–Trinajstić information content (AvgIpc) is 3.56. The summed E-state index contributed by atoms with van der Waals surface area (Å²) in [5, 5.41) is 17.9. The Bertz CT molecular complexity index is 1220. The fraction of sp³-hybridized carbons (Fsp3) is 0.174. The summed E-state index contributed by atoms with van der Waals surface area (Å²) >= 11 is 6.40. The van der Waals surface area contributed by atoms with Crippen LogP contribution in [-0.2, 0) is 0 Å². The predicted molar refractivity (Wildman–Crippen MR) is 122 cm³/mol. The highest BCUT2D eigenvalue weighted by Crippen LogP contribution is 2.29. The third-order valence-corrected chi connectivity index (χ3v) is 5.81. The van der Waals surface area contributed by atoms with Crippen LogP contribution in [0, 0.1) is 0 Å². The maximum Gasteiger partial charge on any atom is 0.259 e. The molecule has 8 nitrogen and oxygen atoms in total. The van der Waals surface area contributed by atoms with E-state index >= 15 is 0 Å². The summed E-state index contributed by atoms with van der Waals surface area (Å²) in [4.78, 5) is 19.6. The first-order valence-corrected chi connectivity index (χ1v) is 10.7. The van der Waals surface area contributed by atoms with Gasteiger partial charge in [0, 0.05) is 23.9 Å². The highest BCUT2D eigenvalue weighted by Gasteiger charge is 2.31. The van der Waals surface area contributed by atoms with E-state index in [4.69, 9.17) is 11.6 Å². The number of nitrogens with zero attached hydrogens (tertiary/aromatic N) is 5. The summed E-state index contributed by atoms with van der Waals surface area (Å²) < 4.78 is 0. The Labute approximate surface area is 189 Å². The number of benzene rings is 2. The fourth-order valence-electron chi connectivity index (χ4n) is 3.92. The third-order valence-electron chi connectivity index (χ3n) is 5.52. The molecule has 0 saturated carbocycles. The van der Waals surface area contributed by atoms with Crippen LogP contribution in [0.25, 0.3) is 22.5 Å². The van der Waals surface area contributed by atoms with E-state index in [1.165, 1.54) is 0 Å². The van der Waals surface area contributed by atoms with E-state index in [0.29, 0.717) is 28.8 Å². The molecule has 2 N–H and O–H groups in total. The first-order chi connectivity index (χ1) is 15.7. The zero-order chi connectivity index (χ0) is 21.9. The Morgan fingerprint density at radius 3 is 2.59 bits per heavy atom. The van der Waals surface area contributed by atoms with Gasteiger partial charge in [-0.1, -0.05) is 41.9 Å². The lowest BCUT2D eigenvalue weighted by Gasteiger charge is -2.28. The van der Waals surface area contributed by atoms with E-state index in [9.17, 15) is 4.79 Å². The molecule has 0 radical (unpaired) electrons. The second-order valence-electron chi connectivity index (χ2n) is 7.52. The zero-order valence-electron chi connectivity index (χ0n) is 17.1. The molecule has 9 heteroatoms. The monoisotopic (exact) mass is 445 g/mol. The standard InChI is InChI=1S/C23H20ClN7O/c24-20-5-2-11-26-22(20)31(19-10-12-25-14-19)23(32)16-8-6-15(7-9-16)17-3-1-4-18(13-17)21-27-29-30-28-21/h1-9,11,13,19,25H,10,12,14H2,(H,27,28,29,30)/t19-/m1/s1. The predicted octanol–water partition coefficient (Wildman–Crippen LogP) is 3.59. The molecule has 1 aliphatic heterocycles. The van der Waals surface area contributed by atoms with Gasteiger partial charge in [0.25, 0.3) is 5.91 Å². The summed E-state index contributed by atoms with van der Waals surface area (Å²) in [5.74, 6) is 0.905. The molecular formula is C23H20ClN7O. The molecule has 2 aromatic carbocycles. The highest BCUT2D eigenvalue weighted by molar-refractivity contribution is 6.33. The first-order valence-electron chi connectivity index (χ1n) is 10.3. The van der Waals surface area contributed by atoms with Crippen molar-refractivity contribution in [1.29, 1.82) is 0 Å². The van der Waals surface area contributed by atoms with E-state index in [0.717, 1.165) is 29.7 Å². The summed E-state index contributed by atoms with van der Waals surface area (Å²) in [6.07, 6.45) is 2.50. The lowest BCUT2D eigenvalue weighted by atomic mass is 10.0. The molecule has 1 amide bonds. The molecule has 2 aromatic heterocycles. The molecule has 0 spiro atoms. The lowest BCUT2D eigenvalue weighted by molar-refractivity contribution is 0.0977. The van der Waals surface area contributed by atoms with E-state index in [1.807, 2.05) is 48.5 Å². The van der Waals surface area contributed by atoms with Crippen molar-refractivity contribution in [3.05, 3.63) is 77.4 Å². The van der Waals surface area contributed by atoms with Crippen molar-refractivity contribution in [2.75, 3.05) is 18.0 Å². The number of amides is 1. The van der Waals surface area contributed by atoms with Gasteiger partial charge < -0.3 is 5.32 Å². The molecule has 0 bridgehead atoms. The number of nitrogens with one attached hydrogen (secondary N) is 2. The van der Waals surface area contributed by atoms with Gasteiger partial charge in [-0.3, -0.25) is 9.69 Å². The van der Waals surface area contributed by atoms with Crippen LogP contribution in [0.2, 0.25) is 5.02 Å². The van der Waals surface area contributed by atoms with Gasteiger partial charge in [0.05, 0.1) is 11.1 Å². The van der Waals surface area contributed by atoms with Crippen molar-refractivity contribution in [3.8, 4) is 22.5 Å². The second-order valence-corrected chi connectivity index (χ2v) is 7.93. The summed E-state index contributed by atoms with van der Waals surface area (Å²) in [6, 6.07) is 18.9. The SMILES string of the molecule is O=C(c1ccc(-c2cccc(-c3nn[nH]n3)c2)cc1)N(c1ncccc1Cl)[C@@H]1CCNC1. The van der Waals surface area contributed by atoms with Gasteiger partial charge in [0.1, 0.15) is 0 Å². The Balaban J connectivity index is 1.44. The summed E-state index contributed by atoms with van der Waals surface area (Å²) in [5.41, 5.74) is 3.42. The number of anilines is 1. The minimum atomic E-state index is -0.119. The smallest absolute Gasteiger partial charge is 0.259 e. The maximum atomic E-state index is 13.5. The van der Waals surface area contributed by atoms with Crippen LogP contribution in [0.4, 0.5) is 5.82 Å². The molecule has 0 unspecified atom stereocenters. The molecular weight excluding hydrogens is 426 g/mol. The maximum absolute atomic E-state index is 13.5. The van der Waals surface area contributed by atoms with Crippen LogP contribution in [0.1, 0.15) is 16.8 Å². The van der Waals surface area contributed by atoms with Crippen molar-refractivity contribution in [1.82, 2.24) is 30.9 Å². The topological polar surface area (TPSA) is 99.7 Å².